The highest BCUT2D eigenvalue weighted by atomic mass is 32.2. The molecular weight excluding hydrogens is 332 g/mol. The van der Waals surface area contributed by atoms with Crippen LogP contribution < -0.4 is 5.32 Å². The molecule has 0 bridgehead atoms. The van der Waals surface area contributed by atoms with Gasteiger partial charge in [0.1, 0.15) is 0 Å². The molecule has 25 heavy (non-hydrogen) atoms. The topological polar surface area (TPSA) is 62.2 Å². The SMILES string of the molecule is CC(O)C(C)(CNC(=O)CSCc1ccncc1)Cc1ccccc1. The molecule has 2 atom stereocenters. The molecule has 0 aliphatic heterocycles. The number of nitrogens with zero attached hydrogens (tertiary/aromatic N) is 1. The molecule has 2 unspecified atom stereocenters. The first kappa shape index (κ1) is 19.5. The van der Waals surface area contributed by atoms with Gasteiger partial charge in [-0.25, -0.2) is 0 Å². The predicted octanol–water partition coefficient (Wildman–Crippen LogP) is 3.06. The lowest BCUT2D eigenvalue weighted by molar-refractivity contribution is -0.119. The molecule has 1 heterocycles. The third-order valence-corrected chi connectivity index (χ3v) is 5.40. The van der Waals surface area contributed by atoms with E-state index in [-0.39, 0.29) is 5.91 Å². The van der Waals surface area contributed by atoms with Crippen LogP contribution in [0, 0.1) is 5.41 Å². The molecule has 0 radical (unpaired) electrons. The van der Waals surface area contributed by atoms with Gasteiger partial charge in [-0.15, -0.1) is 11.8 Å². The minimum absolute atomic E-state index is 0.000933. The quantitative estimate of drug-likeness (QED) is 0.723. The predicted molar refractivity (Wildman–Crippen MR) is 103 cm³/mol. The van der Waals surface area contributed by atoms with Crippen molar-refractivity contribution in [1.82, 2.24) is 10.3 Å². The van der Waals surface area contributed by atoms with Crippen LogP contribution >= 0.6 is 11.8 Å². The minimum atomic E-state index is -0.516. The van der Waals surface area contributed by atoms with Crippen molar-refractivity contribution in [3.63, 3.8) is 0 Å². The summed E-state index contributed by atoms with van der Waals surface area (Å²) in [5.74, 6) is 1.19. The van der Waals surface area contributed by atoms with Crippen LogP contribution in [0.5, 0.6) is 0 Å². The fraction of sp³-hybridized carbons (Fsp3) is 0.400. The van der Waals surface area contributed by atoms with Crippen molar-refractivity contribution in [1.29, 1.82) is 0 Å². The molecule has 0 spiro atoms. The summed E-state index contributed by atoms with van der Waals surface area (Å²) in [6, 6.07) is 14.0. The van der Waals surface area contributed by atoms with Crippen LogP contribution in [0.15, 0.2) is 54.9 Å². The van der Waals surface area contributed by atoms with Crippen molar-refractivity contribution in [2.75, 3.05) is 12.3 Å². The van der Waals surface area contributed by atoms with Crippen molar-refractivity contribution in [3.8, 4) is 0 Å². The average Bonchev–Trinajstić information content (AvgIpc) is 2.62. The summed E-state index contributed by atoms with van der Waals surface area (Å²) in [5, 5.41) is 13.2. The number of nitrogens with one attached hydrogen (secondary N) is 1. The van der Waals surface area contributed by atoms with Crippen molar-refractivity contribution in [2.24, 2.45) is 5.41 Å². The molecule has 1 aromatic heterocycles. The number of rotatable bonds is 9. The van der Waals surface area contributed by atoms with Crippen molar-refractivity contribution >= 4 is 17.7 Å². The molecule has 2 rings (SSSR count). The molecule has 1 amide bonds. The number of benzene rings is 1. The van der Waals surface area contributed by atoms with Gasteiger partial charge in [0.25, 0.3) is 0 Å². The monoisotopic (exact) mass is 358 g/mol. The zero-order valence-electron chi connectivity index (χ0n) is 14.8. The maximum absolute atomic E-state index is 12.1. The molecule has 2 N–H and O–H groups in total. The first-order chi connectivity index (χ1) is 12.0. The van der Waals surface area contributed by atoms with E-state index >= 15 is 0 Å². The van der Waals surface area contributed by atoms with Crippen LogP contribution in [0.2, 0.25) is 0 Å². The average molecular weight is 359 g/mol. The molecule has 0 fully saturated rings. The number of pyridine rings is 1. The number of carbonyl (C=O) groups is 1. The van der Waals surface area contributed by atoms with Gasteiger partial charge in [0.2, 0.25) is 5.91 Å². The highest BCUT2D eigenvalue weighted by Gasteiger charge is 2.30. The Labute approximate surface area is 154 Å². The van der Waals surface area contributed by atoms with Gasteiger partial charge >= 0.3 is 0 Å². The van der Waals surface area contributed by atoms with Crippen molar-refractivity contribution < 1.29 is 9.90 Å². The molecule has 0 aliphatic carbocycles. The van der Waals surface area contributed by atoms with Crippen LogP contribution in [0.3, 0.4) is 0 Å². The van der Waals surface area contributed by atoms with E-state index in [0.717, 1.165) is 23.3 Å². The van der Waals surface area contributed by atoms with E-state index in [1.54, 1.807) is 31.1 Å². The second-order valence-electron chi connectivity index (χ2n) is 6.62. The van der Waals surface area contributed by atoms with E-state index in [1.807, 2.05) is 49.4 Å². The zero-order chi connectivity index (χ0) is 18.1. The van der Waals surface area contributed by atoms with Crippen molar-refractivity contribution in [2.45, 2.75) is 32.1 Å². The number of aliphatic hydroxyl groups excluding tert-OH is 1. The Hall–Kier alpha value is -1.85. The first-order valence-corrected chi connectivity index (χ1v) is 9.60. The van der Waals surface area contributed by atoms with E-state index in [0.29, 0.717) is 12.3 Å². The van der Waals surface area contributed by atoms with Gasteiger partial charge in [-0.05, 0) is 36.6 Å². The number of aliphatic hydroxyl groups is 1. The van der Waals surface area contributed by atoms with E-state index in [2.05, 4.69) is 10.3 Å². The first-order valence-electron chi connectivity index (χ1n) is 8.45. The zero-order valence-corrected chi connectivity index (χ0v) is 15.6. The fourth-order valence-corrected chi connectivity index (χ4v) is 3.33. The molecule has 0 aliphatic rings. The Morgan fingerprint density at radius 3 is 2.52 bits per heavy atom. The highest BCUT2D eigenvalue weighted by Crippen LogP contribution is 2.26. The van der Waals surface area contributed by atoms with Crippen LogP contribution in [-0.4, -0.2) is 34.4 Å². The van der Waals surface area contributed by atoms with E-state index in [4.69, 9.17) is 0 Å². The molecule has 4 nitrogen and oxygen atoms in total. The fourth-order valence-electron chi connectivity index (χ4n) is 2.51. The van der Waals surface area contributed by atoms with E-state index in [1.165, 1.54) is 0 Å². The maximum Gasteiger partial charge on any atom is 0.230 e. The van der Waals surface area contributed by atoms with Gasteiger partial charge in [0, 0.05) is 30.1 Å². The van der Waals surface area contributed by atoms with Gasteiger partial charge in [-0.2, -0.15) is 0 Å². The summed E-state index contributed by atoms with van der Waals surface area (Å²) in [4.78, 5) is 16.1. The lowest BCUT2D eigenvalue weighted by Gasteiger charge is -2.33. The van der Waals surface area contributed by atoms with Gasteiger partial charge in [-0.3, -0.25) is 9.78 Å². The van der Waals surface area contributed by atoms with Gasteiger partial charge in [0.05, 0.1) is 11.9 Å². The van der Waals surface area contributed by atoms with Crippen LogP contribution in [0.25, 0.3) is 0 Å². The normalized spacial score (nSPS) is 14.5. The van der Waals surface area contributed by atoms with Crippen LogP contribution in [-0.2, 0) is 17.0 Å². The number of thioether (sulfide) groups is 1. The number of aromatic nitrogens is 1. The smallest absolute Gasteiger partial charge is 0.230 e. The minimum Gasteiger partial charge on any atom is -0.393 e. The van der Waals surface area contributed by atoms with Crippen molar-refractivity contribution in [3.05, 3.63) is 66.0 Å². The second kappa shape index (κ2) is 9.59. The molecule has 0 saturated heterocycles. The maximum atomic E-state index is 12.1. The van der Waals surface area contributed by atoms with Gasteiger partial charge < -0.3 is 10.4 Å². The summed E-state index contributed by atoms with van der Waals surface area (Å²) >= 11 is 1.58. The number of amides is 1. The Morgan fingerprint density at radius 1 is 1.20 bits per heavy atom. The standard InChI is InChI=1S/C20H26N2O2S/c1-16(23)20(2,12-17-6-4-3-5-7-17)15-22-19(24)14-25-13-18-8-10-21-11-9-18/h3-11,16,23H,12-15H2,1-2H3,(H,22,24). The lowest BCUT2D eigenvalue weighted by Crippen LogP contribution is -2.44. The summed E-state index contributed by atoms with van der Waals surface area (Å²) in [7, 11) is 0. The van der Waals surface area contributed by atoms with E-state index < -0.39 is 11.5 Å². The summed E-state index contributed by atoms with van der Waals surface area (Å²) in [6.45, 7) is 4.25. The summed E-state index contributed by atoms with van der Waals surface area (Å²) in [5.41, 5.74) is 1.92. The molecule has 5 heteroatoms. The van der Waals surface area contributed by atoms with Gasteiger partial charge in [-0.1, -0.05) is 37.3 Å². The molecule has 1 aromatic carbocycles. The second-order valence-corrected chi connectivity index (χ2v) is 7.60. The third-order valence-electron chi connectivity index (χ3n) is 4.40. The molecule has 2 aromatic rings. The third kappa shape index (κ3) is 6.52. The molecular formula is C20H26N2O2S. The Bertz CT molecular complexity index is 649. The number of carbonyl (C=O) groups excluding carboxylic acids is 1. The van der Waals surface area contributed by atoms with Gasteiger partial charge in [0.15, 0.2) is 0 Å². The molecule has 0 saturated carbocycles. The van der Waals surface area contributed by atoms with Crippen LogP contribution in [0.4, 0.5) is 0 Å². The highest BCUT2D eigenvalue weighted by molar-refractivity contribution is 7.99. The lowest BCUT2D eigenvalue weighted by atomic mass is 9.79. The molecule has 134 valence electrons. The number of hydrogen-bond acceptors (Lipinski definition) is 4. The Morgan fingerprint density at radius 2 is 1.88 bits per heavy atom. The summed E-state index contributed by atoms with van der Waals surface area (Å²) in [6.07, 6.45) is 3.72. The Balaban J connectivity index is 1.80. The Kier molecular flexibility index (Phi) is 7.47. The van der Waals surface area contributed by atoms with Crippen LogP contribution in [0.1, 0.15) is 25.0 Å². The van der Waals surface area contributed by atoms with E-state index in [9.17, 15) is 9.90 Å². The summed E-state index contributed by atoms with van der Waals surface area (Å²) < 4.78 is 0. The largest absolute Gasteiger partial charge is 0.393 e. The number of hydrogen-bond donors (Lipinski definition) is 2.